The minimum absolute atomic E-state index is 1.13. The second kappa shape index (κ2) is 5.14. The van der Waals surface area contributed by atoms with E-state index in [2.05, 4.69) is 41.1 Å². The molecule has 0 nitrogen and oxygen atoms in total. The molecule has 0 bridgehead atoms. The van der Waals surface area contributed by atoms with Crippen molar-refractivity contribution in [1.29, 1.82) is 0 Å². The fourth-order valence-electron chi connectivity index (χ4n) is 0.397. The van der Waals surface area contributed by atoms with E-state index in [0.717, 1.165) is 7.28 Å². The van der Waals surface area contributed by atoms with Crippen molar-refractivity contribution in [3.05, 3.63) is 0 Å². The monoisotopic (exact) mass is 102 g/mol. The van der Waals surface area contributed by atoms with Gasteiger partial charge in [0.25, 0.3) is 0 Å². The van der Waals surface area contributed by atoms with E-state index in [1.807, 2.05) is 0 Å². The summed E-state index contributed by atoms with van der Waals surface area (Å²) in [6.45, 7) is 8.44. The fourth-order valence-corrected chi connectivity index (χ4v) is 0.397. The second-order valence-electron chi connectivity index (χ2n) is 2.08. The Kier molecular flexibility index (Phi) is 5.14. The van der Waals surface area contributed by atoms with Crippen molar-refractivity contribution < 1.29 is 0 Å². The molecule has 0 aliphatic heterocycles. The summed E-state index contributed by atoms with van der Waals surface area (Å²) in [7, 11) is 3.23. The predicted molar refractivity (Wildman–Crippen MR) is 49.8 cm³/mol. The average Bonchev–Trinajstić information content (AvgIpc) is 1.66. The fraction of sp³-hybridized carbons (Fsp3) is 0.500. The molecular formula is C4H10B4. The third-order valence-corrected chi connectivity index (χ3v) is 0.801. The van der Waals surface area contributed by atoms with E-state index in [0.29, 0.717) is 0 Å². The molecule has 0 atom stereocenters. The van der Waals surface area contributed by atoms with Gasteiger partial charge in [0.1, 0.15) is 0 Å². The van der Waals surface area contributed by atoms with Gasteiger partial charge in [-0.2, -0.15) is 0 Å². The van der Waals surface area contributed by atoms with E-state index in [9.17, 15) is 0 Å². The second-order valence-corrected chi connectivity index (χ2v) is 2.08. The molecule has 0 heterocycles. The van der Waals surface area contributed by atoms with Gasteiger partial charge in [-0.25, -0.2) is 0 Å². The maximum absolute atomic E-state index is 2.15. The molecule has 0 fully saturated rings. The standard InChI is InChI=1S/C4H10B4/c1-4(5)8-7-3-6-2/h3,6H,5H2,1-2H3. The zero-order valence-electron chi connectivity index (χ0n) is 5.94. The summed E-state index contributed by atoms with van der Waals surface area (Å²) in [6, 6.07) is 0. The van der Waals surface area contributed by atoms with Gasteiger partial charge in [-0.05, 0) is 0 Å². The van der Waals surface area contributed by atoms with Gasteiger partial charge in [-0.1, -0.05) is 0 Å². The summed E-state index contributed by atoms with van der Waals surface area (Å²) >= 11 is 0. The predicted octanol–water partition coefficient (Wildman–Crippen LogP) is -1.66. The van der Waals surface area contributed by atoms with Gasteiger partial charge in [0.2, 0.25) is 0 Å². The first-order valence-electron chi connectivity index (χ1n) is 3.07. The summed E-state index contributed by atoms with van der Waals surface area (Å²) in [5.74, 6) is 2.15. The normalized spacial score (nSPS) is 10.5. The average molecular weight is 101 g/mol. The van der Waals surface area contributed by atoms with Crippen LogP contribution in [0.25, 0.3) is 0 Å². The molecule has 0 N–H and O–H groups in total. The van der Waals surface area contributed by atoms with Gasteiger partial charge in [0, 0.05) is 0 Å². The van der Waals surface area contributed by atoms with Crippen LogP contribution in [0.1, 0.15) is 6.92 Å². The van der Waals surface area contributed by atoms with Crippen molar-refractivity contribution >= 4 is 40.0 Å². The molecule has 0 saturated heterocycles. The molecule has 38 valence electrons. The first-order chi connectivity index (χ1) is 3.77. The van der Waals surface area contributed by atoms with Crippen molar-refractivity contribution in [3.8, 4) is 0 Å². The van der Waals surface area contributed by atoms with Gasteiger partial charge in [0.05, 0.1) is 0 Å². The van der Waals surface area contributed by atoms with E-state index in [4.69, 9.17) is 0 Å². The van der Waals surface area contributed by atoms with Crippen LogP contribution in [0.3, 0.4) is 0 Å². The molecule has 0 aromatic carbocycles. The molecule has 0 aromatic rings. The van der Waals surface area contributed by atoms with Crippen LogP contribution in [-0.4, -0.2) is 40.0 Å². The van der Waals surface area contributed by atoms with Crippen molar-refractivity contribution in [1.82, 2.24) is 0 Å². The van der Waals surface area contributed by atoms with Crippen molar-refractivity contribution in [3.63, 3.8) is 0 Å². The van der Waals surface area contributed by atoms with Crippen LogP contribution in [0, 0.1) is 0 Å². The Morgan fingerprint density at radius 1 is 1.75 bits per heavy atom. The first-order valence-corrected chi connectivity index (χ1v) is 3.07. The molecule has 0 aliphatic rings. The van der Waals surface area contributed by atoms with Crippen LogP contribution >= 0.6 is 0 Å². The Bertz CT molecular complexity index is 101. The quantitative estimate of drug-likeness (QED) is 0.365. The van der Waals surface area contributed by atoms with Crippen LogP contribution in [0.2, 0.25) is 6.82 Å². The van der Waals surface area contributed by atoms with Crippen LogP contribution in [0.15, 0.2) is 0 Å². The first kappa shape index (κ1) is 8.00. The van der Waals surface area contributed by atoms with E-state index in [1.165, 1.54) is 5.36 Å². The Hall–Kier alpha value is -0.000260. The van der Waals surface area contributed by atoms with Crippen LogP contribution in [-0.2, 0) is 0 Å². The summed E-state index contributed by atoms with van der Waals surface area (Å²) in [5.41, 5.74) is 0. The molecule has 0 aliphatic carbocycles. The molecule has 0 radical (unpaired) electrons. The van der Waals surface area contributed by atoms with E-state index >= 15 is 0 Å². The Labute approximate surface area is 54.5 Å². The molecule has 8 heavy (non-hydrogen) atoms. The van der Waals surface area contributed by atoms with Crippen LogP contribution < -0.4 is 0 Å². The molecule has 4 heteroatoms. The van der Waals surface area contributed by atoms with E-state index in [1.54, 1.807) is 0 Å². The molecular weight excluding hydrogens is 91.3 g/mol. The topological polar surface area (TPSA) is 0 Å². The molecule has 0 rings (SSSR count). The summed E-state index contributed by atoms with van der Waals surface area (Å²) in [6.07, 6.45) is 0. The molecule has 0 amide bonds. The van der Waals surface area contributed by atoms with Gasteiger partial charge in [-0.15, -0.1) is 0 Å². The zero-order chi connectivity index (χ0) is 6.41. The van der Waals surface area contributed by atoms with E-state index in [-0.39, 0.29) is 0 Å². The Morgan fingerprint density at radius 3 is 2.75 bits per heavy atom. The van der Waals surface area contributed by atoms with Gasteiger partial charge >= 0.3 is 53.7 Å². The zero-order valence-corrected chi connectivity index (χ0v) is 5.94. The third kappa shape index (κ3) is 6.00. The number of rotatable bonds is 2. The number of hydrogen-bond acceptors (Lipinski definition) is 0. The summed E-state index contributed by atoms with van der Waals surface area (Å²) < 4.78 is 0. The van der Waals surface area contributed by atoms with Gasteiger partial charge in [0.15, 0.2) is 0 Å². The van der Waals surface area contributed by atoms with Crippen molar-refractivity contribution in [2.75, 3.05) is 0 Å². The minimum atomic E-state index is 1.13. The van der Waals surface area contributed by atoms with Crippen molar-refractivity contribution in [2.45, 2.75) is 13.7 Å². The van der Waals surface area contributed by atoms with Crippen LogP contribution in [0.5, 0.6) is 0 Å². The SMILES string of the molecule is B/C(C)=B\B=C/BC. The molecule has 0 spiro atoms. The maximum atomic E-state index is 2.15. The van der Waals surface area contributed by atoms with E-state index < -0.39 is 0 Å². The van der Waals surface area contributed by atoms with Gasteiger partial charge in [-0.3, -0.25) is 0 Å². The third-order valence-electron chi connectivity index (χ3n) is 0.801. The molecule has 0 aromatic heterocycles. The number of hydrogen-bond donors (Lipinski definition) is 0. The summed E-state index contributed by atoms with van der Waals surface area (Å²) in [5, 5.41) is 1.36. The van der Waals surface area contributed by atoms with Crippen molar-refractivity contribution in [2.24, 2.45) is 0 Å². The summed E-state index contributed by atoms with van der Waals surface area (Å²) in [4.78, 5) is 0. The van der Waals surface area contributed by atoms with Gasteiger partial charge < -0.3 is 0 Å². The van der Waals surface area contributed by atoms with Crippen LogP contribution in [0.4, 0.5) is 0 Å². The Morgan fingerprint density at radius 2 is 2.38 bits per heavy atom. The molecule has 0 unspecified atom stereocenters. The Balaban J connectivity index is 3.42. The molecule has 0 saturated carbocycles.